The lowest BCUT2D eigenvalue weighted by atomic mass is 10.1. The second-order valence-corrected chi connectivity index (χ2v) is 6.96. The average Bonchev–Trinajstić information content (AvgIpc) is 2.27. The zero-order chi connectivity index (χ0) is 15.6. The Morgan fingerprint density at radius 3 is 2.45 bits per heavy atom. The van der Waals surface area contributed by atoms with Gasteiger partial charge in [-0.2, -0.15) is 13.1 Å². The van der Waals surface area contributed by atoms with Gasteiger partial charge in [0.25, 0.3) is 10.2 Å². The highest BCUT2D eigenvalue weighted by molar-refractivity contribution is 7.90. The minimum absolute atomic E-state index is 0.117. The minimum Gasteiger partial charge on any atom is -0.409 e. The third kappa shape index (κ3) is 4.87. The van der Waals surface area contributed by atoms with Crippen LogP contribution in [0.15, 0.2) is 23.4 Å². The van der Waals surface area contributed by atoms with E-state index in [2.05, 4.69) is 14.6 Å². The Morgan fingerprint density at radius 1 is 1.40 bits per heavy atom. The molecule has 0 spiro atoms. The summed E-state index contributed by atoms with van der Waals surface area (Å²) >= 11 is 5.96. The van der Waals surface area contributed by atoms with Crippen LogP contribution in [-0.2, 0) is 10.2 Å². The minimum atomic E-state index is -3.75. The van der Waals surface area contributed by atoms with Crippen LogP contribution in [0.2, 0.25) is 5.02 Å². The number of nitrogens with one attached hydrogen (secondary N) is 2. The lowest BCUT2D eigenvalue weighted by Crippen LogP contribution is -2.43. The van der Waals surface area contributed by atoms with Gasteiger partial charge < -0.3 is 10.9 Å². The van der Waals surface area contributed by atoms with Gasteiger partial charge in [0.1, 0.15) is 0 Å². The third-order valence-electron chi connectivity index (χ3n) is 2.06. The summed E-state index contributed by atoms with van der Waals surface area (Å²) in [6.07, 6.45) is 0. The van der Waals surface area contributed by atoms with Crippen LogP contribution in [0.4, 0.5) is 5.69 Å². The van der Waals surface area contributed by atoms with Crippen LogP contribution in [0.3, 0.4) is 0 Å². The van der Waals surface area contributed by atoms with Crippen molar-refractivity contribution in [3.05, 3.63) is 28.8 Å². The zero-order valence-electron chi connectivity index (χ0n) is 11.3. The zero-order valence-corrected chi connectivity index (χ0v) is 12.9. The Hall–Kier alpha value is -1.51. The van der Waals surface area contributed by atoms with Crippen molar-refractivity contribution in [1.29, 1.82) is 0 Å². The number of hydrogen-bond acceptors (Lipinski definition) is 4. The molecule has 0 heterocycles. The predicted octanol–water partition coefficient (Wildman–Crippen LogP) is 1.48. The molecule has 0 aliphatic heterocycles. The molecular weight excluding hydrogens is 304 g/mol. The van der Waals surface area contributed by atoms with Gasteiger partial charge in [0, 0.05) is 11.1 Å². The summed E-state index contributed by atoms with van der Waals surface area (Å²) in [6, 6.07) is 4.30. The summed E-state index contributed by atoms with van der Waals surface area (Å²) in [5.41, 5.74) is 5.37. The van der Waals surface area contributed by atoms with Crippen LogP contribution in [-0.4, -0.2) is 25.0 Å². The van der Waals surface area contributed by atoms with E-state index in [1.165, 1.54) is 18.2 Å². The molecule has 1 aromatic carbocycles. The molecular formula is C11H17ClN4O3S. The Kier molecular flexibility index (Phi) is 4.85. The molecule has 0 bridgehead atoms. The van der Waals surface area contributed by atoms with E-state index in [0.717, 1.165) is 0 Å². The molecule has 0 fully saturated rings. The number of anilines is 1. The van der Waals surface area contributed by atoms with Gasteiger partial charge in [-0.25, -0.2) is 0 Å². The number of rotatable bonds is 4. The van der Waals surface area contributed by atoms with Crippen molar-refractivity contribution < 1.29 is 13.6 Å². The monoisotopic (exact) mass is 320 g/mol. The Labute approximate surface area is 123 Å². The summed E-state index contributed by atoms with van der Waals surface area (Å²) in [6.45, 7) is 5.15. The van der Waals surface area contributed by atoms with E-state index in [0.29, 0.717) is 5.56 Å². The van der Waals surface area contributed by atoms with Crippen molar-refractivity contribution in [1.82, 2.24) is 4.72 Å². The topological polar surface area (TPSA) is 117 Å². The van der Waals surface area contributed by atoms with E-state index in [1.807, 2.05) is 0 Å². The van der Waals surface area contributed by atoms with Gasteiger partial charge in [0.05, 0.1) is 10.7 Å². The molecule has 20 heavy (non-hydrogen) atoms. The van der Waals surface area contributed by atoms with Crippen LogP contribution in [0.1, 0.15) is 26.3 Å². The van der Waals surface area contributed by atoms with Crippen LogP contribution >= 0.6 is 11.6 Å². The summed E-state index contributed by atoms with van der Waals surface area (Å²) in [5, 5.41) is 11.5. The van der Waals surface area contributed by atoms with Crippen molar-refractivity contribution in [2.45, 2.75) is 26.3 Å². The number of nitrogens with zero attached hydrogens (tertiary/aromatic N) is 1. The van der Waals surface area contributed by atoms with Gasteiger partial charge in [-0.15, -0.1) is 0 Å². The number of amidine groups is 1. The van der Waals surface area contributed by atoms with Crippen molar-refractivity contribution in [3.8, 4) is 0 Å². The van der Waals surface area contributed by atoms with E-state index in [1.54, 1.807) is 20.8 Å². The Bertz CT molecular complexity index is 623. The smallest absolute Gasteiger partial charge is 0.299 e. The molecule has 9 heteroatoms. The van der Waals surface area contributed by atoms with E-state index in [-0.39, 0.29) is 16.5 Å². The fraction of sp³-hybridized carbons (Fsp3) is 0.364. The molecule has 1 rings (SSSR count). The van der Waals surface area contributed by atoms with Crippen LogP contribution in [0, 0.1) is 0 Å². The molecule has 0 saturated heterocycles. The second kappa shape index (κ2) is 5.86. The Morgan fingerprint density at radius 2 is 2.00 bits per heavy atom. The maximum absolute atomic E-state index is 11.9. The molecule has 0 atom stereocenters. The molecule has 1 aromatic rings. The van der Waals surface area contributed by atoms with Crippen LogP contribution < -0.4 is 15.2 Å². The van der Waals surface area contributed by atoms with Gasteiger partial charge in [-0.3, -0.25) is 4.72 Å². The van der Waals surface area contributed by atoms with Crippen molar-refractivity contribution >= 4 is 33.3 Å². The number of halogens is 1. The summed E-state index contributed by atoms with van der Waals surface area (Å²) in [4.78, 5) is 0. The summed E-state index contributed by atoms with van der Waals surface area (Å²) < 4.78 is 28.5. The molecule has 0 saturated carbocycles. The number of benzene rings is 1. The molecule has 0 aromatic heterocycles. The fourth-order valence-corrected chi connectivity index (χ4v) is 3.00. The first-order valence-corrected chi connectivity index (χ1v) is 7.49. The van der Waals surface area contributed by atoms with Crippen LogP contribution in [0.5, 0.6) is 0 Å². The van der Waals surface area contributed by atoms with Crippen molar-refractivity contribution in [3.63, 3.8) is 0 Å². The highest BCUT2D eigenvalue weighted by atomic mass is 35.5. The van der Waals surface area contributed by atoms with Crippen LogP contribution in [0.25, 0.3) is 0 Å². The first kappa shape index (κ1) is 16.5. The van der Waals surface area contributed by atoms with Gasteiger partial charge in [0.2, 0.25) is 0 Å². The molecule has 5 N–H and O–H groups in total. The molecule has 0 unspecified atom stereocenters. The number of hydrogen-bond donors (Lipinski definition) is 4. The fourth-order valence-electron chi connectivity index (χ4n) is 1.39. The third-order valence-corrected chi connectivity index (χ3v) is 3.74. The van der Waals surface area contributed by atoms with E-state index in [9.17, 15) is 8.42 Å². The van der Waals surface area contributed by atoms with E-state index < -0.39 is 15.7 Å². The standard InChI is InChI=1S/C11H17ClN4O3S/c1-11(2,3)16-20(18,19)15-9-5-4-7(6-8(9)12)10(13)14-17/h4-6,15-17H,1-3H3,(H2,13,14). The van der Waals surface area contributed by atoms with Gasteiger partial charge in [-0.1, -0.05) is 16.8 Å². The molecule has 0 aliphatic carbocycles. The number of nitrogens with two attached hydrogens (primary N) is 1. The lowest BCUT2D eigenvalue weighted by Gasteiger charge is -2.21. The van der Waals surface area contributed by atoms with E-state index in [4.69, 9.17) is 22.5 Å². The normalized spacial score (nSPS) is 13.3. The molecule has 112 valence electrons. The van der Waals surface area contributed by atoms with E-state index >= 15 is 0 Å². The highest BCUT2D eigenvalue weighted by Crippen LogP contribution is 2.24. The van der Waals surface area contributed by atoms with Gasteiger partial charge in [-0.05, 0) is 39.0 Å². The lowest BCUT2D eigenvalue weighted by molar-refractivity contribution is 0.318. The highest BCUT2D eigenvalue weighted by Gasteiger charge is 2.20. The average molecular weight is 321 g/mol. The molecule has 0 amide bonds. The Balaban J connectivity index is 3.00. The maximum Gasteiger partial charge on any atom is 0.299 e. The summed E-state index contributed by atoms with van der Waals surface area (Å²) in [5.74, 6) is -0.117. The van der Waals surface area contributed by atoms with Crippen molar-refractivity contribution in [2.24, 2.45) is 10.9 Å². The molecule has 7 nitrogen and oxygen atoms in total. The van der Waals surface area contributed by atoms with Gasteiger partial charge in [0.15, 0.2) is 5.84 Å². The molecule has 0 radical (unpaired) electrons. The number of oxime groups is 1. The molecule has 0 aliphatic rings. The first-order valence-electron chi connectivity index (χ1n) is 5.63. The first-order chi connectivity index (χ1) is 9.04. The van der Waals surface area contributed by atoms with Gasteiger partial charge >= 0.3 is 0 Å². The summed E-state index contributed by atoms with van der Waals surface area (Å²) in [7, 11) is -3.75. The second-order valence-electron chi connectivity index (χ2n) is 5.14. The largest absolute Gasteiger partial charge is 0.409 e. The predicted molar refractivity (Wildman–Crippen MR) is 79.4 cm³/mol. The quantitative estimate of drug-likeness (QED) is 0.291. The SMILES string of the molecule is CC(C)(C)NS(=O)(=O)Nc1ccc(/C(N)=N/O)cc1Cl. The van der Waals surface area contributed by atoms with Crippen molar-refractivity contribution in [2.75, 3.05) is 4.72 Å². The maximum atomic E-state index is 11.9.